The van der Waals surface area contributed by atoms with Crippen molar-refractivity contribution in [3.63, 3.8) is 0 Å². The van der Waals surface area contributed by atoms with Gasteiger partial charge in [0.25, 0.3) is 10.0 Å². The predicted molar refractivity (Wildman–Crippen MR) is 159 cm³/mol. The van der Waals surface area contributed by atoms with E-state index in [2.05, 4.69) is 21.2 Å². The lowest BCUT2D eigenvalue weighted by Gasteiger charge is -2.33. The molecule has 0 aliphatic rings. The van der Waals surface area contributed by atoms with E-state index in [9.17, 15) is 18.0 Å². The van der Waals surface area contributed by atoms with Gasteiger partial charge < -0.3 is 10.2 Å². The van der Waals surface area contributed by atoms with E-state index in [0.717, 1.165) is 19.9 Å². The van der Waals surface area contributed by atoms with E-state index < -0.39 is 34.1 Å². The Morgan fingerprint density at radius 2 is 1.67 bits per heavy atom. The number of halogens is 2. The van der Waals surface area contributed by atoms with Gasteiger partial charge in [0.1, 0.15) is 12.6 Å². The highest BCUT2D eigenvalue weighted by atomic mass is 79.9. The fourth-order valence-corrected chi connectivity index (χ4v) is 5.92. The maximum Gasteiger partial charge on any atom is 0.264 e. The molecule has 0 saturated heterocycles. The highest BCUT2D eigenvalue weighted by Crippen LogP contribution is 2.28. The Hall–Kier alpha value is -2.88. The zero-order valence-electron chi connectivity index (χ0n) is 22.6. The number of amides is 2. The molecular weight excluding hydrogens is 602 g/mol. The highest BCUT2D eigenvalue weighted by molar-refractivity contribution is 9.10. The molecule has 3 aromatic rings. The number of rotatable bonds is 9. The molecule has 10 heteroatoms. The maximum absolute atomic E-state index is 14.0. The second-order valence-corrected chi connectivity index (χ2v) is 13.5. The average Bonchev–Trinajstić information content (AvgIpc) is 2.86. The Kier molecular flexibility index (Phi) is 9.85. The molecule has 2 amide bonds. The van der Waals surface area contributed by atoms with Crippen molar-refractivity contribution in [1.82, 2.24) is 10.2 Å². The molecule has 0 saturated carbocycles. The first kappa shape index (κ1) is 30.7. The van der Waals surface area contributed by atoms with Gasteiger partial charge in [-0.25, -0.2) is 8.42 Å². The molecule has 0 aliphatic heterocycles. The van der Waals surface area contributed by atoms with Crippen molar-refractivity contribution in [1.29, 1.82) is 0 Å². The third-order valence-corrected chi connectivity index (χ3v) is 8.65. The van der Waals surface area contributed by atoms with Crippen LogP contribution in [0.4, 0.5) is 5.69 Å². The number of nitrogens with one attached hydrogen (secondary N) is 1. The van der Waals surface area contributed by atoms with E-state index in [0.29, 0.717) is 5.02 Å². The van der Waals surface area contributed by atoms with Crippen LogP contribution in [0, 0.1) is 6.92 Å². The maximum atomic E-state index is 14.0. The summed E-state index contributed by atoms with van der Waals surface area (Å²) in [6.07, 6.45) is 0. The molecule has 0 heterocycles. The zero-order valence-corrected chi connectivity index (χ0v) is 25.8. The smallest absolute Gasteiger partial charge is 0.264 e. The molecule has 0 aliphatic carbocycles. The van der Waals surface area contributed by atoms with Crippen LogP contribution in [-0.4, -0.2) is 43.3 Å². The summed E-state index contributed by atoms with van der Waals surface area (Å²) in [5.41, 5.74) is 1.28. The summed E-state index contributed by atoms with van der Waals surface area (Å²) in [6, 6.07) is 19.3. The Labute approximate surface area is 244 Å². The topological polar surface area (TPSA) is 86.8 Å². The molecule has 0 aromatic heterocycles. The van der Waals surface area contributed by atoms with E-state index in [1.54, 1.807) is 37.3 Å². The summed E-state index contributed by atoms with van der Waals surface area (Å²) >= 11 is 9.80. The third kappa shape index (κ3) is 8.06. The molecule has 7 nitrogen and oxygen atoms in total. The predicted octanol–water partition coefficient (Wildman–Crippen LogP) is 5.94. The molecule has 3 aromatic carbocycles. The number of benzene rings is 3. The van der Waals surface area contributed by atoms with E-state index in [4.69, 9.17) is 11.6 Å². The van der Waals surface area contributed by atoms with Gasteiger partial charge >= 0.3 is 0 Å². The largest absolute Gasteiger partial charge is 0.350 e. The first-order valence-corrected chi connectivity index (χ1v) is 15.0. The van der Waals surface area contributed by atoms with Crippen LogP contribution < -0.4 is 9.62 Å². The van der Waals surface area contributed by atoms with Crippen LogP contribution in [0.15, 0.2) is 82.2 Å². The minimum Gasteiger partial charge on any atom is -0.350 e. The van der Waals surface area contributed by atoms with Crippen LogP contribution in [0.5, 0.6) is 0 Å². The number of carbonyl (C=O) groups excluding carboxylic acids is 2. The highest BCUT2D eigenvalue weighted by Gasteiger charge is 2.33. The summed E-state index contributed by atoms with van der Waals surface area (Å²) in [6.45, 7) is 8.58. The van der Waals surface area contributed by atoms with Gasteiger partial charge in [-0.3, -0.25) is 13.9 Å². The van der Waals surface area contributed by atoms with Crippen LogP contribution in [0.25, 0.3) is 0 Å². The molecule has 208 valence electrons. The second-order valence-electron chi connectivity index (χ2n) is 10.3. The van der Waals surface area contributed by atoms with Gasteiger partial charge in [0.05, 0.1) is 10.6 Å². The van der Waals surface area contributed by atoms with Crippen molar-refractivity contribution in [2.24, 2.45) is 0 Å². The summed E-state index contributed by atoms with van der Waals surface area (Å²) in [5.74, 6) is -0.885. The minimum absolute atomic E-state index is 0.0339. The van der Waals surface area contributed by atoms with Crippen LogP contribution in [-0.2, 0) is 26.2 Å². The lowest BCUT2D eigenvalue weighted by Crippen LogP contribution is -2.54. The number of carbonyl (C=O) groups is 2. The van der Waals surface area contributed by atoms with Crippen molar-refractivity contribution in [3.8, 4) is 0 Å². The molecule has 0 radical (unpaired) electrons. The number of sulfonamides is 1. The van der Waals surface area contributed by atoms with E-state index in [-0.39, 0.29) is 23.0 Å². The molecular formula is C29H33BrClN3O4S. The van der Waals surface area contributed by atoms with Crippen molar-refractivity contribution in [2.45, 2.75) is 57.6 Å². The standard InChI is InChI=1S/C29H33BrClN3O4S/c1-20-14-15-24(17-26(20)31)34(39(37,38)25-12-7-6-8-13-25)19-27(35)33(18-22-10-9-11-23(30)16-22)21(2)28(36)32-29(3,4)5/h6-17,21H,18-19H2,1-5H3,(H,32,36)/t21-/m0/s1. The normalized spacial score (nSPS) is 12.5. The van der Waals surface area contributed by atoms with Gasteiger partial charge in [0.15, 0.2) is 0 Å². The Balaban J connectivity index is 2.05. The molecule has 0 fully saturated rings. The Morgan fingerprint density at radius 3 is 2.26 bits per heavy atom. The third-order valence-electron chi connectivity index (χ3n) is 5.96. The Bertz CT molecular complexity index is 1440. The van der Waals surface area contributed by atoms with Crippen LogP contribution in [0.2, 0.25) is 5.02 Å². The SMILES string of the molecule is Cc1ccc(N(CC(=O)N(Cc2cccc(Br)c2)[C@@H](C)C(=O)NC(C)(C)C)S(=O)(=O)c2ccccc2)cc1Cl. The zero-order chi connectivity index (χ0) is 29.0. The van der Waals surface area contributed by atoms with Crippen molar-refractivity contribution in [3.05, 3.63) is 93.4 Å². The number of hydrogen-bond acceptors (Lipinski definition) is 4. The van der Waals surface area contributed by atoms with E-state index in [1.807, 2.05) is 52.0 Å². The van der Waals surface area contributed by atoms with Gasteiger partial charge in [-0.05, 0) is 82.1 Å². The monoisotopic (exact) mass is 633 g/mol. The second kappa shape index (κ2) is 12.5. The molecule has 0 spiro atoms. The lowest BCUT2D eigenvalue weighted by molar-refractivity contribution is -0.140. The van der Waals surface area contributed by atoms with Gasteiger partial charge in [-0.2, -0.15) is 0 Å². The van der Waals surface area contributed by atoms with E-state index >= 15 is 0 Å². The molecule has 3 rings (SSSR count). The lowest BCUT2D eigenvalue weighted by atomic mass is 10.1. The number of aryl methyl sites for hydroxylation is 1. The summed E-state index contributed by atoms with van der Waals surface area (Å²) in [7, 11) is -4.15. The van der Waals surface area contributed by atoms with Crippen LogP contribution in [0.1, 0.15) is 38.8 Å². The Morgan fingerprint density at radius 1 is 1.00 bits per heavy atom. The summed E-state index contributed by atoms with van der Waals surface area (Å²) in [5, 5.41) is 3.29. The quantitative estimate of drug-likeness (QED) is 0.316. The van der Waals surface area contributed by atoms with Gasteiger partial charge in [-0.1, -0.05) is 63.9 Å². The van der Waals surface area contributed by atoms with Crippen molar-refractivity contribution < 1.29 is 18.0 Å². The van der Waals surface area contributed by atoms with Gasteiger partial charge in [0.2, 0.25) is 11.8 Å². The first-order chi connectivity index (χ1) is 18.2. The number of nitrogens with zero attached hydrogens (tertiary/aromatic N) is 2. The van der Waals surface area contributed by atoms with Crippen molar-refractivity contribution in [2.75, 3.05) is 10.8 Å². The minimum atomic E-state index is -4.15. The summed E-state index contributed by atoms with van der Waals surface area (Å²) in [4.78, 5) is 28.5. The molecule has 1 atom stereocenters. The molecule has 0 bridgehead atoms. The fourth-order valence-electron chi connectivity index (χ4n) is 3.87. The number of anilines is 1. The van der Waals surface area contributed by atoms with Crippen molar-refractivity contribution >= 4 is 55.1 Å². The molecule has 0 unspecified atom stereocenters. The van der Waals surface area contributed by atoms with Gasteiger partial charge in [0, 0.05) is 21.6 Å². The van der Waals surface area contributed by atoms with Crippen LogP contribution >= 0.6 is 27.5 Å². The van der Waals surface area contributed by atoms with Crippen LogP contribution in [0.3, 0.4) is 0 Å². The fraction of sp³-hybridized carbons (Fsp3) is 0.310. The first-order valence-electron chi connectivity index (χ1n) is 12.4. The molecule has 1 N–H and O–H groups in total. The van der Waals surface area contributed by atoms with E-state index in [1.165, 1.54) is 23.1 Å². The summed E-state index contributed by atoms with van der Waals surface area (Å²) < 4.78 is 29.5. The number of hydrogen-bond donors (Lipinski definition) is 1. The molecule has 39 heavy (non-hydrogen) atoms. The van der Waals surface area contributed by atoms with Gasteiger partial charge in [-0.15, -0.1) is 0 Å². The average molecular weight is 635 g/mol.